The Bertz CT molecular complexity index is 362. The van der Waals surface area contributed by atoms with Crippen molar-refractivity contribution in [1.82, 2.24) is 0 Å². The Balaban J connectivity index is 2.23. The van der Waals surface area contributed by atoms with E-state index in [4.69, 9.17) is 11.6 Å². The van der Waals surface area contributed by atoms with Crippen LogP contribution < -0.4 is 4.90 Å². The van der Waals surface area contributed by atoms with Gasteiger partial charge in [0.05, 0.1) is 0 Å². The van der Waals surface area contributed by atoms with Crippen molar-refractivity contribution >= 4 is 17.3 Å². The molecule has 16 heavy (non-hydrogen) atoms. The lowest BCUT2D eigenvalue weighted by Crippen LogP contribution is -2.28. The molecule has 1 saturated heterocycles. The van der Waals surface area contributed by atoms with Crippen molar-refractivity contribution < 1.29 is 0 Å². The van der Waals surface area contributed by atoms with Crippen molar-refractivity contribution in [3.05, 3.63) is 29.3 Å². The summed E-state index contributed by atoms with van der Waals surface area (Å²) >= 11 is 5.89. The Labute approximate surface area is 103 Å². The number of alkyl halides is 1. The van der Waals surface area contributed by atoms with E-state index in [1.54, 1.807) is 0 Å². The molecule has 0 N–H and O–H groups in total. The lowest BCUT2D eigenvalue weighted by molar-refractivity contribution is 0.645. The highest BCUT2D eigenvalue weighted by atomic mass is 35.5. The second-order valence-electron chi connectivity index (χ2n) is 4.64. The van der Waals surface area contributed by atoms with Crippen molar-refractivity contribution in [2.24, 2.45) is 0 Å². The summed E-state index contributed by atoms with van der Waals surface area (Å²) in [7, 11) is 0. The van der Waals surface area contributed by atoms with Crippen LogP contribution in [0.5, 0.6) is 0 Å². The molecule has 1 heterocycles. The minimum Gasteiger partial charge on any atom is -0.369 e. The van der Waals surface area contributed by atoms with Crippen molar-refractivity contribution in [2.45, 2.75) is 45.0 Å². The molecule has 1 aromatic rings. The zero-order valence-electron chi connectivity index (χ0n) is 10.2. The van der Waals surface area contributed by atoms with E-state index in [1.807, 2.05) is 0 Å². The van der Waals surface area contributed by atoms with Crippen LogP contribution >= 0.6 is 11.6 Å². The Morgan fingerprint density at radius 2 is 2.25 bits per heavy atom. The minimum atomic E-state index is 0.614. The van der Waals surface area contributed by atoms with Gasteiger partial charge < -0.3 is 4.90 Å². The highest BCUT2D eigenvalue weighted by molar-refractivity contribution is 6.17. The maximum Gasteiger partial charge on any atom is 0.0476 e. The molecule has 88 valence electrons. The fourth-order valence-corrected chi connectivity index (χ4v) is 2.91. The van der Waals surface area contributed by atoms with Crippen LogP contribution in [0.1, 0.15) is 37.3 Å². The quantitative estimate of drug-likeness (QED) is 0.715. The average molecular weight is 238 g/mol. The van der Waals surface area contributed by atoms with Crippen molar-refractivity contribution in [3.63, 3.8) is 0 Å². The van der Waals surface area contributed by atoms with Gasteiger partial charge in [-0.3, -0.25) is 0 Å². The van der Waals surface area contributed by atoms with Gasteiger partial charge in [0.25, 0.3) is 0 Å². The zero-order valence-corrected chi connectivity index (χ0v) is 10.9. The molecule has 0 saturated carbocycles. The zero-order chi connectivity index (χ0) is 11.5. The van der Waals surface area contributed by atoms with Gasteiger partial charge in [0.1, 0.15) is 0 Å². The number of benzene rings is 1. The van der Waals surface area contributed by atoms with E-state index in [0.29, 0.717) is 5.88 Å². The van der Waals surface area contributed by atoms with E-state index < -0.39 is 0 Å². The third-order valence-electron chi connectivity index (χ3n) is 3.65. The van der Waals surface area contributed by atoms with Gasteiger partial charge in [-0.2, -0.15) is 0 Å². The van der Waals surface area contributed by atoms with Gasteiger partial charge >= 0.3 is 0 Å². The summed E-state index contributed by atoms with van der Waals surface area (Å²) in [6.07, 6.45) is 3.91. The summed E-state index contributed by atoms with van der Waals surface area (Å²) in [6.45, 7) is 5.64. The van der Waals surface area contributed by atoms with Crippen LogP contribution in [-0.4, -0.2) is 12.6 Å². The maximum absolute atomic E-state index is 5.89. The highest BCUT2D eigenvalue weighted by Crippen LogP contribution is 2.28. The van der Waals surface area contributed by atoms with Crippen LogP contribution in [-0.2, 0) is 5.88 Å². The first kappa shape index (κ1) is 11.8. The third-order valence-corrected chi connectivity index (χ3v) is 3.94. The summed E-state index contributed by atoms with van der Waals surface area (Å²) in [4.78, 5) is 2.55. The lowest BCUT2D eigenvalue weighted by atomic mass is 10.1. The van der Waals surface area contributed by atoms with Gasteiger partial charge in [0.2, 0.25) is 0 Å². The molecule has 0 amide bonds. The summed E-state index contributed by atoms with van der Waals surface area (Å²) in [6, 6.07) is 7.41. The Kier molecular flexibility index (Phi) is 3.75. The highest BCUT2D eigenvalue weighted by Gasteiger charge is 2.22. The first-order valence-corrected chi connectivity index (χ1v) is 6.72. The van der Waals surface area contributed by atoms with Crippen molar-refractivity contribution in [3.8, 4) is 0 Å². The van der Waals surface area contributed by atoms with Gasteiger partial charge in [0.15, 0.2) is 0 Å². The molecule has 0 aliphatic carbocycles. The predicted octanol–water partition coefficient (Wildman–Crippen LogP) is 4.11. The monoisotopic (exact) mass is 237 g/mol. The normalized spacial score (nSPS) is 20.4. The van der Waals surface area contributed by atoms with Gasteiger partial charge in [-0.15, -0.1) is 11.6 Å². The van der Waals surface area contributed by atoms with Gasteiger partial charge in [-0.05, 0) is 49.4 Å². The van der Waals surface area contributed by atoms with Gasteiger partial charge in [-0.1, -0.05) is 13.0 Å². The van der Waals surface area contributed by atoms with Crippen LogP contribution in [0, 0.1) is 6.92 Å². The van der Waals surface area contributed by atoms with Crippen LogP contribution in [0.4, 0.5) is 5.69 Å². The largest absolute Gasteiger partial charge is 0.369 e. The van der Waals surface area contributed by atoms with E-state index in [-0.39, 0.29) is 0 Å². The number of nitrogens with zero attached hydrogens (tertiary/aromatic N) is 1. The first-order valence-electron chi connectivity index (χ1n) is 6.18. The van der Waals surface area contributed by atoms with Crippen molar-refractivity contribution in [1.29, 1.82) is 0 Å². The fraction of sp³-hybridized carbons (Fsp3) is 0.571. The number of hydrogen-bond acceptors (Lipinski definition) is 1. The molecule has 2 heteroatoms. The molecular weight excluding hydrogens is 218 g/mol. The molecule has 1 aromatic carbocycles. The average Bonchev–Trinajstić information content (AvgIpc) is 2.77. The second kappa shape index (κ2) is 5.09. The van der Waals surface area contributed by atoms with Crippen LogP contribution in [0.15, 0.2) is 18.2 Å². The van der Waals surface area contributed by atoms with E-state index in [0.717, 1.165) is 6.04 Å². The number of hydrogen-bond donors (Lipinski definition) is 0. The molecule has 0 aromatic heterocycles. The fourth-order valence-electron chi connectivity index (χ4n) is 2.61. The number of halogens is 1. The number of rotatable bonds is 3. The van der Waals surface area contributed by atoms with Crippen LogP contribution in [0.2, 0.25) is 0 Å². The predicted molar refractivity (Wildman–Crippen MR) is 71.4 cm³/mol. The third kappa shape index (κ3) is 2.20. The molecule has 0 radical (unpaired) electrons. The standard InChI is InChI=1S/C14H20ClN/c1-3-13-5-4-8-16(13)14-7-6-12(10-15)11(2)9-14/h6-7,9,13H,3-5,8,10H2,1-2H3. The molecular formula is C14H20ClN. The molecule has 1 atom stereocenters. The Morgan fingerprint density at radius 3 is 2.88 bits per heavy atom. The summed E-state index contributed by atoms with van der Waals surface area (Å²) in [5, 5.41) is 0. The Morgan fingerprint density at radius 1 is 1.44 bits per heavy atom. The molecule has 1 aliphatic rings. The topological polar surface area (TPSA) is 3.24 Å². The minimum absolute atomic E-state index is 0.614. The number of anilines is 1. The van der Waals surface area contributed by atoms with E-state index in [2.05, 4.69) is 36.9 Å². The summed E-state index contributed by atoms with van der Waals surface area (Å²) < 4.78 is 0. The van der Waals surface area contributed by atoms with Gasteiger partial charge in [0, 0.05) is 24.2 Å². The SMILES string of the molecule is CCC1CCCN1c1ccc(CCl)c(C)c1. The summed E-state index contributed by atoms with van der Waals surface area (Å²) in [5.41, 5.74) is 3.93. The van der Waals surface area contributed by atoms with Crippen LogP contribution in [0.3, 0.4) is 0 Å². The maximum atomic E-state index is 5.89. The van der Waals surface area contributed by atoms with Crippen molar-refractivity contribution in [2.75, 3.05) is 11.4 Å². The summed E-state index contributed by atoms with van der Waals surface area (Å²) in [5.74, 6) is 0.614. The first-order chi connectivity index (χ1) is 7.76. The molecule has 2 rings (SSSR count). The number of aryl methyl sites for hydroxylation is 1. The molecule has 1 aliphatic heterocycles. The smallest absolute Gasteiger partial charge is 0.0476 e. The van der Waals surface area contributed by atoms with E-state index in [1.165, 1.54) is 42.6 Å². The molecule has 1 fully saturated rings. The molecule has 1 nitrogen and oxygen atoms in total. The van der Waals surface area contributed by atoms with Gasteiger partial charge in [-0.25, -0.2) is 0 Å². The Hall–Kier alpha value is -0.690. The second-order valence-corrected chi connectivity index (χ2v) is 4.91. The van der Waals surface area contributed by atoms with E-state index >= 15 is 0 Å². The molecule has 0 spiro atoms. The van der Waals surface area contributed by atoms with Crippen LogP contribution in [0.25, 0.3) is 0 Å². The molecule has 0 bridgehead atoms. The van der Waals surface area contributed by atoms with E-state index in [9.17, 15) is 0 Å². The lowest BCUT2D eigenvalue weighted by Gasteiger charge is -2.26. The molecule has 1 unspecified atom stereocenters.